The molecule has 1 aromatic carbocycles. The Labute approximate surface area is 108 Å². The molecule has 3 nitrogen and oxygen atoms in total. The van der Waals surface area contributed by atoms with Crippen LogP contribution in [0.2, 0.25) is 0 Å². The monoisotopic (exact) mass is 248 g/mol. The molecule has 0 saturated carbocycles. The molecule has 1 aliphatic rings. The van der Waals surface area contributed by atoms with Crippen LogP contribution in [0.4, 0.5) is 0 Å². The van der Waals surface area contributed by atoms with E-state index in [1.165, 1.54) is 5.56 Å². The van der Waals surface area contributed by atoms with E-state index in [4.69, 9.17) is 9.47 Å². The average Bonchev–Trinajstić information content (AvgIpc) is 2.67. The number of rotatable bonds is 4. The van der Waals surface area contributed by atoms with Crippen molar-refractivity contribution in [2.24, 2.45) is 0 Å². The fraction of sp³-hybridized carbons (Fsp3) is 0.533. The van der Waals surface area contributed by atoms with Crippen molar-refractivity contribution in [3.8, 4) is 0 Å². The van der Waals surface area contributed by atoms with Crippen molar-refractivity contribution >= 4 is 5.78 Å². The molecule has 98 valence electrons. The van der Waals surface area contributed by atoms with Crippen LogP contribution in [0.3, 0.4) is 0 Å². The van der Waals surface area contributed by atoms with Crippen molar-refractivity contribution in [3.05, 3.63) is 35.4 Å². The summed E-state index contributed by atoms with van der Waals surface area (Å²) in [4.78, 5) is 12.0. The number of ketones is 1. The Bertz CT molecular complexity index is 420. The van der Waals surface area contributed by atoms with E-state index >= 15 is 0 Å². The van der Waals surface area contributed by atoms with E-state index in [1.807, 2.05) is 45.0 Å². The highest BCUT2D eigenvalue weighted by Gasteiger charge is 2.32. The molecule has 1 aromatic rings. The lowest BCUT2D eigenvalue weighted by Gasteiger charge is -2.16. The van der Waals surface area contributed by atoms with Crippen LogP contribution in [0.15, 0.2) is 24.3 Å². The first-order chi connectivity index (χ1) is 8.46. The standard InChI is InChI=1S/C15H20O3/c1-11-4-6-12(7-5-11)14(16)9-8-13-10-17-15(2,3)18-13/h4-7,13H,8-10H2,1-3H3/t13-/m1/s1. The highest BCUT2D eigenvalue weighted by atomic mass is 16.7. The van der Waals surface area contributed by atoms with E-state index < -0.39 is 5.79 Å². The lowest BCUT2D eigenvalue weighted by molar-refractivity contribution is -0.138. The first kappa shape index (κ1) is 13.2. The van der Waals surface area contributed by atoms with Gasteiger partial charge < -0.3 is 9.47 Å². The van der Waals surface area contributed by atoms with Gasteiger partial charge in [0.15, 0.2) is 11.6 Å². The van der Waals surface area contributed by atoms with Crippen LogP contribution in [0.1, 0.15) is 42.6 Å². The number of aryl methyl sites for hydroxylation is 1. The van der Waals surface area contributed by atoms with Gasteiger partial charge in [0, 0.05) is 12.0 Å². The lowest BCUT2D eigenvalue weighted by atomic mass is 10.0. The van der Waals surface area contributed by atoms with Crippen molar-refractivity contribution in [2.45, 2.75) is 45.5 Å². The molecule has 1 atom stereocenters. The number of hydrogen-bond donors (Lipinski definition) is 0. The molecule has 0 bridgehead atoms. The molecule has 1 heterocycles. The molecule has 0 amide bonds. The zero-order valence-electron chi connectivity index (χ0n) is 11.2. The molecule has 18 heavy (non-hydrogen) atoms. The zero-order valence-corrected chi connectivity index (χ0v) is 11.2. The summed E-state index contributed by atoms with van der Waals surface area (Å²) in [5, 5.41) is 0. The summed E-state index contributed by atoms with van der Waals surface area (Å²) in [6, 6.07) is 7.69. The summed E-state index contributed by atoms with van der Waals surface area (Å²) in [5.41, 5.74) is 1.94. The van der Waals surface area contributed by atoms with Gasteiger partial charge in [0.2, 0.25) is 0 Å². The van der Waals surface area contributed by atoms with Gasteiger partial charge in [0.25, 0.3) is 0 Å². The van der Waals surface area contributed by atoms with Crippen LogP contribution >= 0.6 is 0 Å². The van der Waals surface area contributed by atoms with Crippen molar-refractivity contribution in [1.29, 1.82) is 0 Å². The number of carbonyl (C=O) groups excluding carboxylic acids is 1. The van der Waals surface area contributed by atoms with Gasteiger partial charge in [-0.1, -0.05) is 29.8 Å². The van der Waals surface area contributed by atoms with Gasteiger partial charge in [-0.15, -0.1) is 0 Å². The van der Waals surface area contributed by atoms with E-state index in [-0.39, 0.29) is 11.9 Å². The second-order valence-electron chi connectivity index (χ2n) is 5.28. The quantitative estimate of drug-likeness (QED) is 0.768. The SMILES string of the molecule is Cc1ccc(C(=O)CC[C@@H]2COC(C)(C)O2)cc1. The molecule has 0 aromatic heterocycles. The van der Waals surface area contributed by atoms with Gasteiger partial charge in [-0.3, -0.25) is 4.79 Å². The Morgan fingerprint density at radius 3 is 2.56 bits per heavy atom. The highest BCUT2D eigenvalue weighted by molar-refractivity contribution is 5.96. The third-order valence-corrected chi connectivity index (χ3v) is 3.13. The van der Waals surface area contributed by atoms with Crippen LogP contribution < -0.4 is 0 Å². The third-order valence-electron chi connectivity index (χ3n) is 3.13. The Morgan fingerprint density at radius 1 is 1.33 bits per heavy atom. The Balaban J connectivity index is 1.84. The van der Waals surface area contributed by atoms with Crippen LogP contribution in [-0.2, 0) is 9.47 Å². The van der Waals surface area contributed by atoms with Gasteiger partial charge in [-0.25, -0.2) is 0 Å². The normalized spacial score (nSPS) is 22.1. The molecule has 1 aliphatic heterocycles. The summed E-state index contributed by atoms with van der Waals surface area (Å²) in [7, 11) is 0. The van der Waals surface area contributed by atoms with Crippen molar-refractivity contribution in [3.63, 3.8) is 0 Å². The van der Waals surface area contributed by atoms with E-state index in [1.54, 1.807) is 0 Å². The predicted octanol–water partition coefficient (Wildman–Crippen LogP) is 3.11. The molecule has 0 unspecified atom stereocenters. The van der Waals surface area contributed by atoms with Gasteiger partial charge in [0.1, 0.15) is 0 Å². The van der Waals surface area contributed by atoms with Crippen LogP contribution in [0.5, 0.6) is 0 Å². The third kappa shape index (κ3) is 3.40. The van der Waals surface area contributed by atoms with E-state index in [0.29, 0.717) is 13.0 Å². The minimum Gasteiger partial charge on any atom is -0.348 e. The molecular weight excluding hydrogens is 228 g/mol. The molecule has 0 aliphatic carbocycles. The lowest BCUT2D eigenvalue weighted by Crippen LogP contribution is -2.21. The predicted molar refractivity (Wildman–Crippen MR) is 69.6 cm³/mol. The summed E-state index contributed by atoms with van der Waals surface area (Å²) < 4.78 is 11.2. The molecule has 1 saturated heterocycles. The maximum Gasteiger partial charge on any atom is 0.163 e. The molecule has 0 radical (unpaired) electrons. The van der Waals surface area contributed by atoms with Crippen LogP contribution in [0.25, 0.3) is 0 Å². The first-order valence-corrected chi connectivity index (χ1v) is 6.38. The molecule has 0 N–H and O–H groups in total. The van der Waals surface area contributed by atoms with Crippen LogP contribution in [0, 0.1) is 6.92 Å². The Morgan fingerprint density at radius 2 is 2.00 bits per heavy atom. The number of carbonyl (C=O) groups is 1. The van der Waals surface area contributed by atoms with Gasteiger partial charge >= 0.3 is 0 Å². The van der Waals surface area contributed by atoms with E-state index in [0.717, 1.165) is 12.0 Å². The number of Topliss-reactive ketones (excluding diaryl/α,β-unsaturated/α-hetero) is 1. The number of ether oxygens (including phenoxy) is 2. The Hall–Kier alpha value is -1.19. The summed E-state index contributed by atoms with van der Waals surface area (Å²) in [6.07, 6.45) is 1.26. The Kier molecular flexibility index (Phi) is 3.83. The van der Waals surface area contributed by atoms with Crippen LogP contribution in [-0.4, -0.2) is 24.3 Å². The van der Waals surface area contributed by atoms with E-state index in [9.17, 15) is 4.79 Å². The number of hydrogen-bond acceptors (Lipinski definition) is 3. The van der Waals surface area contributed by atoms with Gasteiger partial charge in [-0.2, -0.15) is 0 Å². The first-order valence-electron chi connectivity index (χ1n) is 6.38. The summed E-state index contributed by atoms with van der Waals surface area (Å²) >= 11 is 0. The van der Waals surface area contributed by atoms with Crippen molar-refractivity contribution < 1.29 is 14.3 Å². The second kappa shape index (κ2) is 5.21. The molecule has 2 rings (SSSR count). The van der Waals surface area contributed by atoms with Gasteiger partial charge in [-0.05, 0) is 27.2 Å². The molecule has 3 heteroatoms. The highest BCUT2D eigenvalue weighted by Crippen LogP contribution is 2.25. The maximum atomic E-state index is 12.0. The minimum absolute atomic E-state index is 0.0365. The average molecular weight is 248 g/mol. The topological polar surface area (TPSA) is 35.5 Å². The zero-order chi connectivity index (χ0) is 13.2. The largest absolute Gasteiger partial charge is 0.348 e. The summed E-state index contributed by atoms with van der Waals surface area (Å²) in [6.45, 7) is 6.39. The van der Waals surface area contributed by atoms with Crippen molar-refractivity contribution in [1.82, 2.24) is 0 Å². The molecule has 1 fully saturated rings. The second-order valence-corrected chi connectivity index (χ2v) is 5.28. The fourth-order valence-corrected chi connectivity index (χ4v) is 2.08. The smallest absolute Gasteiger partial charge is 0.163 e. The fourth-order valence-electron chi connectivity index (χ4n) is 2.08. The summed E-state index contributed by atoms with van der Waals surface area (Å²) in [5.74, 6) is -0.333. The molecular formula is C15H20O3. The minimum atomic E-state index is -0.502. The van der Waals surface area contributed by atoms with Gasteiger partial charge in [0.05, 0.1) is 12.7 Å². The van der Waals surface area contributed by atoms with Crippen molar-refractivity contribution in [2.75, 3.05) is 6.61 Å². The molecule has 0 spiro atoms. The maximum absolute atomic E-state index is 12.0. The number of benzene rings is 1. The van der Waals surface area contributed by atoms with E-state index in [2.05, 4.69) is 0 Å².